The van der Waals surface area contributed by atoms with Gasteiger partial charge in [0.2, 0.25) is 5.91 Å². The van der Waals surface area contributed by atoms with Crippen LogP contribution in [0.15, 0.2) is 0 Å². The molecule has 1 amide bonds. The molecule has 0 aromatic heterocycles. The highest BCUT2D eigenvalue weighted by atomic mass is 32.2. The first-order valence-corrected chi connectivity index (χ1v) is 3.69. The molecule has 0 aliphatic heterocycles. The van der Waals surface area contributed by atoms with Gasteiger partial charge in [-0.25, -0.2) is 0 Å². The van der Waals surface area contributed by atoms with Gasteiger partial charge in [0.25, 0.3) is 0 Å². The number of carbonyl (C=O) groups excluding carboxylic acids is 1. The molecule has 66 valence electrons. The van der Waals surface area contributed by atoms with Crippen molar-refractivity contribution < 1.29 is 19.2 Å². The number of hydrogen-bond acceptors (Lipinski definition) is 4. The van der Waals surface area contributed by atoms with E-state index in [0.29, 0.717) is 12.0 Å². The molecule has 0 rings (SSSR count). The number of primary amides is 1. The molecule has 0 saturated carbocycles. The molecule has 0 bridgehead atoms. The summed E-state index contributed by atoms with van der Waals surface area (Å²) in [5.41, 5.74) is 4.47. The predicted molar refractivity (Wildman–Crippen MR) is 42.2 cm³/mol. The number of carboxylic acid groups (broad SMARTS) is 1. The van der Waals surface area contributed by atoms with Crippen LogP contribution in [0, 0.1) is 0 Å². The van der Waals surface area contributed by atoms with E-state index in [-0.39, 0.29) is 18.1 Å². The predicted octanol–water partition coefficient (Wildman–Crippen LogP) is 0.159. The number of rotatable bonds is 3. The molecule has 0 aromatic carbocycles. The van der Waals surface area contributed by atoms with E-state index in [0.717, 1.165) is 0 Å². The van der Waals surface area contributed by atoms with E-state index in [1.165, 1.54) is 6.92 Å². The first kappa shape index (κ1) is 12.9. The summed E-state index contributed by atoms with van der Waals surface area (Å²) in [7, 11) is 0. The number of nitrogens with two attached hydrogens (primary N) is 1. The maximum Gasteiger partial charge on any atom is 0.304 e. The second-order valence-electron chi connectivity index (χ2n) is 1.59. The van der Waals surface area contributed by atoms with Crippen molar-refractivity contribution in [1.82, 2.24) is 0 Å². The Hall–Kier alpha value is -0.750. The highest BCUT2D eigenvalue weighted by Gasteiger charge is 1.92. The van der Waals surface area contributed by atoms with Crippen molar-refractivity contribution >= 4 is 23.9 Å². The fraction of sp³-hybridized carbons (Fsp3) is 0.600. The number of amides is 1. The van der Waals surface area contributed by atoms with Crippen molar-refractivity contribution in [1.29, 1.82) is 0 Å². The van der Waals surface area contributed by atoms with Gasteiger partial charge in [0.05, 0.1) is 6.42 Å². The molecule has 0 spiro atoms. The van der Waals surface area contributed by atoms with Crippen LogP contribution in [0.3, 0.4) is 0 Å². The summed E-state index contributed by atoms with van der Waals surface area (Å²) in [5, 5.41) is 7.92. The van der Waals surface area contributed by atoms with Crippen molar-refractivity contribution in [2.45, 2.75) is 13.3 Å². The van der Waals surface area contributed by atoms with E-state index in [4.69, 9.17) is 9.66 Å². The minimum absolute atomic E-state index is 0.0289. The van der Waals surface area contributed by atoms with E-state index in [2.05, 4.69) is 5.73 Å². The number of hydrogen-bond donors (Lipinski definition) is 3. The fourth-order valence-corrected chi connectivity index (χ4v) is 0.399. The Morgan fingerprint density at radius 1 is 1.55 bits per heavy atom. The Morgan fingerprint density at radius 3 is 2.00 bits per heavy atom. The van der Waals surface area contributed by atoms with Crippen molar-refractivity contribution in [3.05, 3.63) is 0 Å². The van der Waals surface area contributed by atoms with Gasteiger partial charge in [0.1, 0.15) is 0 Å². The van der Waals surface area contributed by atoms with Crippen molar-refractivity contribution in [2.24, 2.45) is 5.73 Å². The average Bonchev–Trinajstić information content (AvgIpc) is 1.82. The van der Waals surface area contributed by atoms with E-state index >= 15 is 0 Å². The van der Waals surface area contributed by atoms with E-state index < -0.39 is 5.97 Å². The van der Waals surface area contributed by atoms with Gasteiger partial charge in [0, 0.05) is 12.7 Å². The van der Waals surface area contributed by atoms with Crippen LogP contribution in [0.4, 0.5) is 0 Å². The number of aliphatic carboxylic acids is 1. The van der Waals surface area contributed by atoms with Crippen molar-refractivity contribution in [3.63, 3.8) is 0 Å². The smallest absolute Gasteiger partial charge is 0.304 e. The highest BCUT2D eigenvalue weighted by Crippen LogP contribution is 1.92. The zero-order valence-electron chi connectivity index (χ0n) is 6.11. The molecule has 0 aromatic rings. The molecule has 0 atom stereocenters. The van der Waals surface area contributed by atoms with Crippen LogP contribution in [0.2, 0.25) is 0 Å². The lowest BCUT2D eigenvalue weighted by Gasteiger charge is -1.84. The third-order valence-corrected chi connectivity index (χ3v) is 0.794. The summed E-state index contributed by atoms with van der Waals surface area (Å²) >= 11 is 0.549. The molecule has 0 unspecified atom stereocenters. The minimum Gasteiger partial charge on any atom is -0.481 e. The van der Waals surface area contributed by atoms with Gasteiger partial charge in [-0.2, -0.15) is 0 Å². The minimum atomic E-state index is -0.874. The lowest BCUT2D eigenvalue weighted by molar-refractivity contribution is -0.136. The quantitative estimate of drug-likeness (QED) is 0.538. The highest BCUT2D eigenvalue weighted by molar-refractivity contribution is 7.93. The van der Waals surface area contributed by atoms with E-state index in [1.807, 2.05) is 0 Å². The Balaban J connectivity index is 0. The van der Waals surface area contributed by atoms with E-state index in [1.54, 1.807) is 0 Å². The Labute approximate surface area is 68.8 Å². The van der Waals surface area contributed by atoms with Gasteiger partial charge in [-0.15, -0.1) is 0 Å². The van der Waals surface area contributed by atoms with Gasteiger partial charge >= 0.3 is 5.97 Å². The molecule has 4 N–H and O–H groups in total. The second kappa shape index (κ2) is 9.25. The number of carboxylic acids is 1. The Bertz CT molecular complexity index is 124. The monoisotopic (exact) mass is 181 g/mol. The lowest BCUT2D eigenvalue weighted by Crippen LogP contribution is -2.01. The molecule has 11 heavy (non-hydrogen) atoms. The topological polar surface area (TPSA) is 101 Å². The van der Waals surface area contributed by atoms with Gasteiger partial charge < -0.3 is 15.4 Å². The van der Waals surface area contributed by atoms with Gasteiger partial charge in [0.15, 0.2) is 0 Å². The lowest BCUT2D eigenvalue weighted by atomic mass is 10.5. The first-order valence-electron chi connectivity index (χ1n) is 2.75. The third kappa shape index (κ3) is 46.0. The first-order chi connectivity index (χ1) is 5.00. The van der Waals surface area contributed by atoms with Crippen LogP contribution in [0.1, 0.15) is 13.3 Å². The molecule has 6 heteroatoms. The Morgan fingerprint density at radius 2 is 1.91 bits per heavy atom. The maximum atomic E-state index is 9.63. The van der Waals surface area contributed by atoms with Gasteiger partial charge in [-0.3, -0.25) is 9.59 Å². The molecule has 0 fully saturated rings. The summed E-state index contributed by atoms with van der Waals surface area (Å²) in [6.45, 7) is 1.31. The SMILES string of the molecule is CC(N)=O.O=C(O)CCSO. The maximum absolute atomic E-state index is 9.63. The molecule has 0 radical (unpaired) electrons. The van der Waals surface area contributed by atoms with Crippen molar-refractivity contribution in [2.75, 3.05) is 5.75 Å². The summed E-state index contributed by atoms with van der Waals surface area (Å²) in [6.07, 6.45) is 0.0289. The summed E-state index contributed by atoms with van der Waals surface area (Å²) in [5.74, 6) is -0.934. The van der Waals surface area contributed by atoms with E-state index in [9.17, 15) is 9.59 Å². The summed E-state index contributed by atoms with van der Waals surface area (Å²) in [6, 6.07) is 0. The molecule has 5 nitrogen and oxygen atoms in total. The average molecular weight is 181 g/mol. The molecule has 0 aliphatic rings. The molecular formula is C5H11NO4S. The van der Waals surface area contributed by atoms with Crippen LogP contribution < -0.4 is 5.73 Å². The van der Waals surface area contributed by atoms with Crippen LogP contribution in [0.25, 0.3) is 0 Å². The zero-order valence-corrected chi connectivity index (χ0v) is 6.93. The molecule has 0 aliphatic carbocycles. The summed E-state index contributed by atoms with van der Waals surface area (Å²) in [4.78, 5) is 18.9. The fourth-order valence-electron chi connectivity index (χ4n) is 0.133. The largest absolute Gasteiger partial charge is 0.481 e. The van der Waals surface area contributed by atoms with Crippen molar-refractivity contribution in [3.8, 4) is 0 Å². The van der Waals surface area contributed by atoms with Gasteiger partial charge in [-0.1, -0.05) is 0 Å². The summed E-state index contributed by atoms with van der Waals surface area (Å²) < 4.78 is 7.97. The molecule has 0 saturated heterocycles. The second-order valence-corrected chi connectivity index (χ2v) is 2.25. The van der Waals surface area contributed by atoms with Crippen LogP contribution in [0.5, 0.6) is 0 Å². The van der Waals surface area contributed by atoms with Crippen LogP contribution in [-0.4, -0.2) is 27.3 Å². The molecular weight excluding hydrogens is 170 g/mol. The molecule has 0 heterocycles. The zero-order chi connectivity index (χ0) is 9.28. The normalized spacial score (nSPS) is 7.82. The number of carbonyl (C=O) groups is 2. The third-order valence-electron chi connectivity index (χ3n) is 0.407. The van der Waals surface area contributed by atoms with Crippen LogP contribution in [-0.2, 0) is 9.59 Å². The Kier molecular flexibility index (Phi) is 10.8. The standard InChI is InChI=1S/C3H6O3S.C2H5NO/c4-3(5)1-2-7-6;1-2(3)4/h6H,1-2H2,(H,4,5);1H3,(H2,3,4). The van der Waals surface area contributed by atoms with Crippen LogP contribution >= 0.6 is 12.0 Å². The van der Waals surface area contributed by atoms with Gasteiger partial charge in [-0.05, 0) is 12.0 Å².